The molecule has 0 saturated carbocycles. The molecule has 1 aliphatic heterocycles. The highest BCUT2D eigenvalue weighted by Crippen LogP contribution is 2.33. The third kappa shape index (κ3) is 5.46. The number of carbonyl (C=O) groups is 2. The van der Waals surface area contributed by atoms with E-state index in [1.54, 1.807) is 11.6 Å². The first-order chi connectivity index (χ1) is 16.7. The number of hydrogen-bond acceptors (Lipinski definition) is 7. The minimum Gasteiger partial charge on any atom is -0.328 e. The van der Waals surface area contributed by atoms with Crippen LogP contribution in [0.4, 0.5) is 11.4 Å². The summed E-state index contributed by atoms with van der Waals surface area (Å²) in [5.41, 5.74) is 1.72. The minimum atomic E-state index is -0.558. The van der Waals surface area contributed by atoms with Crippen LogP contribution in [0.5, 0.6) is 0 Å². The summed E-state index contributed by atoms with van der Waals surface area (Å²) in [6, 6.07) is 11.1. The number of amides is 2. The van der Waals surface area contributed by atoms with Gasteiger partial charge in [0.1, 0.15) is 0 Å². The van der Waals surface area contributed by atoms with Crippen LogP contribution in [-0.2, 0) is 11.8 Å². The quantitative estimate of drug-likeness (QED) is 0.281. The Kier molecular flexibility index (Phi) is 7.37. The van der Waals surface area contributed by atoms with Crippen molar-refractivity contribution in [1.29, 1.82) is 0 Å². The lowest BCUT2D eigenvalue weighted by Gasteiger charge is -2.24. The Morgan fingerprint density at radius 2 is 1.97 bits per heavy atom. The van der Waals surface area contributed by atoms with Gasteiger partial charge in [0.05, 0.1) is 27.4 Å². The van der Waals surface area contributed by atoms with Gasteiger partial charge in [0, 0.05) is 31.3 Å². The lowest BCUT2D eigenvalue weighted by atomic mass is 10.1. The molecule has 0 bridgehead atoms. The predicted octanol–water partition coefficient (Wildman–Crippen LogP) is 4.39. The Morgan fingerprint density at radius 1 is 1.23 bits per heavy atom. The van der Waals surface area contributed by atoms with Crippen LogP contribution >= 0.6 is 23.4 Å². The van der Waals surface area contributed by atoms with Crippen LogP contribution in [0.1, 0.15) is 40.6 Å². The van der Waals surface area contributed by atoms with Crippen LogP contribution in [0.15, 0.2) is 47.6 Å². The summed E-state index contributed by atoms with van der Waals surface area (Å²) in [5, 5.41) is 22.8. The van der Waals surface area contributed by atoms with E-state index < -0.39 is 4.92 Å². The highest BCUT2D eigenvalue weighted by Gasteiger charge is 2.34. The molecule has 1 atom stereocenters. The molecule has 35 heavy (non-hydrogen) atoms. The molecule has 2 heterocycles. The van der Waals surface area contributed by atoms with Gasteiger partial charge in [-0.1, -0.05) is 41.1 Å². The molecule has 1 saturated heterocycles. The molecule has 1 aromatic heterocycles. The smallest absolute Gasteiger partial charge is 0.271 e. The lowest BCUT2D eigenvalue weighted by Crippen LogP contribution is -2.31. The summed E-state index contributed by atoms with van der Waals surface area (Å²) in [5.74, 6) is 0.228. The maximum Gasteiger partial charge on any atom is 0.271 e. The zero-order valence-electron chi connectivity index (χ0n) is 19.1. The zero-order chi connectivity index (χ0) is 25.1. The number of aromatic nitrogens is 3. The van der Waals surface area contributed by atoms with E-state index in [1.807, 2.05) is 36.1 Å². The summed E-state index contributed by atoms with van der Waals surface area (Å²) in [6.07, 6.45) is 1.64. The Bertz CT molecular complexity index is 1280. The maximum absolute atomic E-state index is 13.1. The number of carbonyl (C=O) groups excluding carboxylic acids is 2. The van der Waals surface area contributed by atoms with Gasteiger partial charge < -0.3 is 14.8 Å². The maximum atomic E-state index is 13.1. The van der Waals surface area contributed by atoms with Crippen molar-refractivity contribution in [2.75, 3.05) is 17.6 Å². The second kappa shape index (κ2) is 10.4. The molecule has 2 aromatic carbocycles. The second-order valence-electron chi connectivity index (χ2n) is 8.18. The van der Waals surface area contributed by atoms with Crippen molar-refractivity contribution >= 4 is 46.6 Å². The number of hydrogen-bond donors (Lipinski definition) is 1. The number of likely N-dealkylation sites (tertiary alicyclic amines) is 1. The monoisotopic (exact) mass is 514 g/mol. The standard InChI is InChI=1S/C23H23ClN6O4S/c1-14-5-7-15(8-6-14)22(32)29-11-3-4-19(29)21-26-27-23(28(21)2)35-13-20(31)25-18-12-16(30(33)34)9-10-17(18)24/h5-10,12,19H,3-4,11,13H2,1-2H3,(H,25,31). The first kappa shape index (κ1) is 24.7. The highest BCUT2D eigenvalue weighted by molar-refractivity contribution is 7.99. The molecule has 4 rings (SSSR count). The molecule has 0 spiro atoms. The second-order valence-corrected chi connectivity index (χ2v) is 9.53. The van der Waals surface area contributed by atoms with Crippen molar-refractivity contribution in [2.45, 2.75) is 31.0 Å². The predicted molar refractivity (Wildman–Crippen MR) is 133 cm³/mol. The topological polar surface area (TPSA) is 123 Å². The van der Waals surface area contributed by atoms with Crippen molar-refractivity contribution in [3.63, 3.8) is 0 Å². The normalized spacial score (nSPS) is 15.3. The third-order valence-corrected chi connectivity index (χ3v) is 7.10. The fraction of sp³-hybridized carbons (Fsp3) is 0.304. The summed E-state index contributed by atoms with van der Waals surface area (Å²) in [6.45, 7) is 2.61. The van der Waals surface area contributed by atoms with Gasteiger partial charge in [-0.05, 0) is 38.0 Å². The summed E-state index contributed by atoms with van der Waals surface area (Å²) >= 11 is 7.23. The van der Waals surface area contributed by atoms with Crippen molar-refractivity contribution in [1.82, 2.24) is 19.7 Å². The van der Waals surface area contributed by atoms with Gasteiger partial charge in [0.2, 0.25) is 5.91 Å². The van der Waals surface area contributed by atoms with E-state index >= 15 is 0 Å². The number of nitro benzene ring substituents is 1. The third-order valence-electron chi connectivity index (χ3n) is 5.75. The van der Waals surface area contributed by atoms with Crippen molar-refractivity contribution in [3.8, 4) is 0 Å². The fourth-order valence-corrected chi connectivity index (χ4v) is 4.80. The van der Waals surface area contributed by atoms with Gasteiger partial charge in [0.25, 0.3) is 11.6 Å². The molecule has 0 aliphatic carbocycles. The van der Waals surface area contributed by atoms with E-state index in [4.69, 9.17) is 11.6 Å². The molecule has 1 N–H and O–H groups in total. The van der Waals surface area contributed by atoms with Crippen LogP contribution in [0.3, 0.4) is 0 Å². The number of halogens is 1. The van der Waals surface area contributed by atoms with Crippen LogP contribution in [0.25, 0.3) is 0 Å². The molecular formula is C23H23ClN6O4S. The van der Waals surface area contributed by atoms with Crippen molar-refractivity contribution in [2.24, 2.45) is 7.05 Å². The van der Waals surface area contributed by atoms with Gasteiger partial charge in [-0.25, -0.2) is 0 Å². The molecule has 12 heteroatoms. The minimum absolute atomic E-state index is 0.00166. The Labute approximate surface area is 210 Å². The fourth-order valence-electron chi connectivity index (χ4n) is 3.92. The van der Waals surface area contributed by atoms with E-state index in [0.29, 0.717) is 23.1 Å². The summed E-state index contributed by atoms with van der Waals surface area (Å²) in [7, 11) is 1.81. The molecule has 1 fully saturated rings. The molecule has 2 amide bonds. The number of anilines is 1. The Balaban J connectivity index is 1.42. The number of aryl methyl sites for hydroxylation is 1. The van der Waals surface area contributed by atoms with Gasteiger partial charge in [-0.3, -0.25) is 19.7 Å². The molecule has 182 valence electrons. The molecule has 0 radical (unpaired) electrons. The summed E-state index contributed by atoms with van der Waals surface area (Å²) < 4.78 is 1.80. The summed E-state index contributed by atoms with van der Waals surface area (Å²) in [4.78, 5) is 37.8. The average molecular weight is 515 g/mol. The average Bonchev–Trinajstić information content (AvgIpc) is 3.45. The van der Waals surface area contributed by atoms with Crippen LogP contribution in [-0.4, -0.2) is 48.7 Å². The molecular weight excluding hydrogens is 492 g/mol. The zero-order valence-corrected chi connectivity index (χ0v) is 20.7. The SMILES string of the molecule is Cc1ccc(C(=O)N2CCCC2c2nnc(SCC(=O)Nc3cc([N+](=O)[O-])ccc3Cl)n2C)cc1. The number of benzene rings is 2. The van der Waals surface area contributed by atoms with E-state index in [0.717, 1.165) is 18.4 Å². The molecule has 10 nitrogen and oxygen atoms in total. The largest absolute Gasteiger partial charge is 0.328 e. The van der Waals surface area contributed by atoms with E-state index in [9.17, 15) is 19.7 Å². The number of thioether (sulfide) groups is 1. The van der Waals surface area contributed by atoms with Gasteiger partial charge in [0.15, 0.2) is 11.0 Å². The van der Waals surface area contributed by atoms with E-state index in [-0.39, 0.29) is 40.0 Å². The van der Waals surface area contributed by atoms with E-state index in [2.05, 4.69) is 15.5 Å². The highest BCUT2D eigenvalue weighted by atomic mass is 35.5. The molecule has 3 aromatic rings. The molecule has 1 aliphatic rings. The number of nitrogens with zero attached hydrogens (tertiary/aromatic N) is 5. The van der Waals surface area contributed by atoms with Crippen molar-refractivity contribution < 1.29 is 14.5 Å². The Morgan fingerprint density at radius 3 is 2.69 bits per heavy atom. The number of rotatable bonds is 7. The van der Waals surface area contributed by atoms with Crippen molar-refractivity contribution in [3.05, 3.63) is 74.6 Å². The lowest BCUT2D eigenvalue weighted by molar-refractivity contribution is -0.384. The number of non-ortho nitro benzene ring substituents is 1. The van der Waals surface area contributed by atoms with Crippen LogP contribution in [0.2, 0.25) is 5.02 Å². The first-order valence-electron chi connectivity index (χ1n) is 10.9. The van der Waals surface area contributed by atoms with Crippen LogP contribution < -0.4 is 5.32 Å². The van der Waals surface area contributed by atoms with Gasteiger partial charge in [-0.2, -0.15) is 0 Å². The Hall–Kier alpha value is -3.44. The first-order valence-corrected chi connectivity index (χ1v) is 12.2. The number of nitrogens with one attached hydrogen (secondary N) is 1. The molecule has 1 unspecified atom stereocenters. The number of nitro groups is 1. The van der Waals surface area contributed by atoms with Gasteiger partial charge >= 0.3 is 0 Å². The van der Waals surface area contributed by atoms with Gasteiger partial charge in [-0.15, -0.1) is 10.2 Å². The van der Waals surface area contributed by atoms with E-state index in [1.165, 1.54) is 30.0 Å². The van der Waals surface area contributed by atoms with Crippen LogP contribution in [0, 0.1) is 17.0 Å².